The Hall–Kier alpha value is -2.08. The van der Waals surface area contributed by atoms with Crippen LogP contribution in [-0.4, -0.2) is 23.9 Å². The second kappa shape index (κ2) is 5.37. The number of hydrogen-bond donors (Lipinski definition) is 1. The van der Waals surface area contributed by atoms with Crippen molar-refractivity contribution in [2.45, 2.75) is 31.7 Å². The summed E-state index contributed by atoms with van der Waals surface area (Å²) in [5.74, 6) is 2.36. The van der Waals surface area contributed by atoms with E-state index in [2.05, 4.69) is 10.1 Å². The Morgan fingerprint density at radius 1 is 1.33 bits per heavy atom. The average molecular weight is 289 g/mol. The van der Waals surface area contributed by atoms with Gasteiger partial charge >= 0.3 is 0 Å². The molecule has 2 aromatic rings. The third kappa shape index (κ3) is 2.47. The third-order valence-corrected chi connectivity index (χ3v) is 3.83. The molecule has 1 heterocycles. The minimum Gasteiger partial charge on any atom is -0.493 e. The maximum Gasteiger partial charge on any atom is 0.258 e. The van der Waals surface area contributed by atoms with Gasteiger partial charge in [-0.2, -0.15) is 4.98 Å². The van der Waals surface area contributed by atoms with Crippen molar-refractivity contribution in [3.8, 4) is 23.0 Å². The quantitative estimate of drug-likeness (QED) is 0.910. The first kappa shape index (κ1) is 13.9. The predicted molar refractivity (Wildman–Crippen MR) is 77.2 cm³/mol. The standard InChI is InChI=1S/C15H19N3O3/c1-3-20-11-6-5-10(9-12(11)19-2)13-17-14(18-21-13)15(16)7-4-8-15/h5-6,9H,3-4,7-8,16H2,1-2H3. The summed E-state index contributed by atoms with van der Waals surface area (Å²) in [5, 5.41) is 4.02. The fraction of sp³-hybridized carbons (Fsp3) is 0.467. The van der Waals surface area contributed by atoms with Crippen molar-refractivity contribution in [3.63, 3.8) is 0 Å². The van der Waals surface area contributed by atoms with Crippen LogP contribution in [0.25, 0.3) is 11.5 Å². The van der Waals surface area contributed by atoms with Crippen molar-refractivity contribution in [3.05, 3.63) is 24.0 Å². The van der Waals surface area contributed by atoms with Crippen molar-refractivity contribution in [1.82, 2.24) is 10.1 Å². The molecule has 6 heteroatoms. The second-order valence-corrected chi connectivity index (χ2v) is 5.23. The number of benzene rings is 1. The maximum atomic E-state index is 6.21. The molecule has 112 valence electrons. The third-order valence-electron chi connectivity index (χ3n) is 3.83. The highest BCUT2D eigenvalue weighted by atomic mass is 16.5. The van der Waals surface area contributed by atoms with Gasteiger partial charge in [-0.15, -0.1) is 0 Å². The van der Waals surface area contributed by atoms with E-state index in [-0.39, 0.29) is 0 Å². The molecule has 1 aliphatic carbocycles. The van der Waals surface area contributed by atoms with E-state index in [0.717, 1.165) is 24.8 Å². The lowest BCUT2D eigenvalue weighted by atomic mass is 9.77. The van der Waals surface area contributed by atoms with Crippen LogP contribution < -0.4 is 15.2 Å². The zero-order valence-corrected chi connectivity index (χ0v) is 12.3. The monoisotopic (exact) mass is 289 g/mol. The van der Waals surface area contributed by atoms with Crippen LogP contribution >= 0.6 is 0 Å². The number of aromatic nitrogens is 2. The summed E-state index contributed by atoms with van der Waals surface area (Å²) >= 11 is 0. The van der Waals surface area contributed by atoms with Crippen molar-refractivity contribution in [1.29, 1.82) is 0 Å². The Labute approximate surface area is 123 Å². The van der Waals surface area contributed by atoms with Crippen molar-refractivity contribution >= 4 is 0 Å². The molecule has 6 nitrogen and oxygen atoms in total. The normalized spacial score (nSPS) is 16.3. The Bertz CT molecular complexity index is 635. The molecular weight excluding hydrogens is 270 g/mol. The van der Waals surface area contributed by atoms with Gasteiger partial charge in [0.2, 0.25) is 0 Å². The van der Waals surface area contributed by atoms with Gasteiger partial charge in [-0.25, -0.2) is 0 Å². The number of nitrogens with zero attached hydrogens (tertiary/aromatic N) is 2. The zero-order chi connectivity index (χ0) is 14.9. The van der Waals surface area contributed by atoms with Crippen molar-refractivity contribution < 1.29 is 14.0 Å². The summed E-state index contributed by atoms with van der Waals surface area (Å²) in [6.07, 6.45) is 2.91. The smallest absolute Gasteiger partial charge is 0.258 e. The molecule has 0 unspecified atom stereocenters. The van der Waals surface area contributed by atoms with Crippen LogP contribution in [0.15, 0.2) is 22.7 Å². The molecule has 0 saturated heterocycles. The van der Waals surface area contributed by atoms with Crippen molar-refractivity contribution in [2.75, 3.05) is 13.7 Å². The Balaban J connectivity index is 1.90. The van der Waals surface area contributed by atoms with E-state index in [0.29, 0.717) is 29.8 Å². The first-order valence-corrected chi connectivity index (χ1v) is 7.10. The van der Waals surface area contributed by atoms with Crippen LogP contribution in [0, 0.1) is 0 Å². The fourth-order valence-corrected chi connectivity index (χ4v) is 2.40. The topological polar surface area (TPSA) is 83.4 Å². The largest absolute Gasteiger partial charge is 0.493 e. The summed E-state index contributed by atoms with van der Waals surface area (Å²) in [4.78, 5) is 4.43. The minimum absolute atomic E-state index is 0.420. The summed E-state index contributed by atoms with van der Waals surface area (Å²) in [7, 11) is 1.60. The fourth-order valence-electron chi connectivity index (χ4n) is 2.40. The van der Waals surface area contributed by atoms with E-state index in [4.69, 9.17) is 19.7 Å². The number of hydrogen-bond acceptors (Lipinski definition) is 6. The minimum atomic E-state index is -0.420. The van der Waals surface area contributed by atoms with Crippen LogP contribution in [0.4, 0.5) is 0 Å². The lowest BCUT2D eigenvalue weighted by Gasteiger charge is -2.34. The van der Waals surface area contributed by atoms with Crippen LogP contribution in [0.5, 0.6) is 11.5 Å². The predicted octanol–water partition coefficient (Wildman–Crippen LogP) is 2.48. The Morgan fingerprint density at radius 2 is 2.14 bits per heavy atom. The number of nitrogens with two attached hydrogens (primary N) is 1. The lowest BCUT2D eigenvalue weighted by molar-refractivity contribution is 0.229. The highest BCUT2D eigenvalue weighted by molar-refractivity contribution is 5.59. The van der Waals surface area contributed by atoms with E-state index < -0.39 is 5.54 Å². The molecule has 0 atom stereocenters. The lowest BCUT2D eigenvalue weighted by Crippen LogP contribution is -2.44. The van der Waals surface area contributed by atoms with Gasteiger partial charge in [0.15, 0.2) is 17.3 Å². The van der Waals surface area contributed by atoms with Gasteiger partial charge in [0.25, 0.3) is 5.89 Å². The van der Waals surface area contributed by atoms with E-state index in [1.807, 2.05) is 25.1 Å². The Kier molecular flexibility index (Phi) is 3.55. The molecule has 1 aromatic carbocycles. The zero-order valence-electron chi connectivity index (χ0n) is 12.3. The SMILES string of the molecule is CCOc1ccc(-c2nc(C3(N)CCC3)no2)cc1OC. The average Bonchev–Trinajstić information content (AvgIpc) is 2.95. The summed E-state index contributed by atoms with van der Waals surface area (Å²) in [6.45, 7) is 2.51. The molecular formula is C15H19N3O3. The van der Waals surface area contributed by atoms with E-state index in [1.54, 1.807) is 7.11 Å². The molecule has 0 bridgehead atoms. The molecule has 1 aromatic heterocycles. The first-order valence-electron chi connectivity index (χ1n) is 7.10. The molecule has 0 amide bonds. The second-order valence-electron chi connectivity index (χ2n) is 5.23. The Morgan fingerprint density at radius 3 is 2.76 bits per heavy atom. The first-order chi connectivity index (χ1) is 10.2. The molecule has 3 rings (SSSR count). The molecule has 1 saturated carbocycles. The molecule has 0 spiro atoms. The molecule has 0 radical (unpaired) electrons. The van der Waals surface area contributed by atoms with Gasteiger partial charge in [0, 0.05) is 5.56 Å². The molecule has 21 heavy (non-hydrogen) atoms. The van der Waals surface area contributed by atoms with Gasteiger partial charge in [0.1, 0.15) is 0 Å². The van der Waals surface area contributed by atoms with Gasteiger partial charge < -0.3 is 19.7 Å². The summed E-state index contributed by atoms with van der Waals surface area (Å²) in [6, 6.07) is 5.53. The van der Waals surface area contributed by atoms with Crippen LogP contribution in [0.1, 0.15) is 32.0 Å². The maximum absolute atomic E-state index is 6.21. The van der Waals surface area contributed by atoms with Gasteiger partial charge in [-0.05, 0) is 44.4 Å². The number of ether oxygens (including phenoxy) is 2. The van der Waals surface area contributed by atoms with Crippen LogP contribution in [-0.2, 0) is 5.54 Å². The van der Waals surface area contributed by atoms with Crippen LogP contribution in [0.2, 0.25) is 0 Å². The molecule has 1 aliphatic rings. The summed E-state index contributed by atoms with van der Waals surface area (Å²) in [5.41, 5.74) is 6.57. The highest BCUT2D eigenvalue weighted by Gasteiger charge is 2.39. The number of methoxy groups -OCH3 is 1. The van der Waals surface area contributed by atoms with E-state index in [9.17, 15) is 0 Å². The van der Waals surface area contributed by atoms with Crippen LogP contribution in [0.3, 0.4) is 0 Å². The van der Waals surface area contributed by atoms with E-state index in [1.165, 1.54) is 0 Å². The summed E-state index contributed by atoms with van der Waals surface area (Å²) < 4.78 is 16.2. The highest BCUT2D eigenvalue weighted by Crippen LogP contribution is 2.38. The van der Waals surface area contributed by atoms with Crippen molar-refractivity contribution in [2.24, 2.45) is 5.73 Å². The van der Waals surface area contributed by atoms with Gasteiger partial charge in [-0.3, -0.25) is 0 Å². The molecule has 0 aliphatic heterocycles. The van der Waals surface area contributed by atoms with Gasteiger partial charge in [0.05, 0.1) is 19.3 Å². The number of rotatable bonds is 5. The van der Waals surface area contributed by atoms with Gasteiger partial charge in [-0.1, -0.05) is 5.16 Å². The molecule has 2 N–H and O–H groups in total. The molecule has 1 fully saturated rings. The van der Waals surface area contributed by atoms with E-state index >= 15 is 0 Å².